The van der Waals surface area contributed by atoms with E-state index in [0.29, 0.717) is 0 Å². The van der Waals surface area contributed by atoms with Crippen molar-refractivity contribution in [3.05, 3.63) is 55.9 Å². The van der Waals surface area contributed by atoms with E-state index in [4.69, 9.17) is 39.9 Å². The molecule has 0 aliphatic heterocycles. The maximum Gasteiger partial charge on any atom is 0.303 e. The fraction of sp³-hybridized carbons (Fsp3) is 0.188. The summed E-state index contributed by atoms with van der Waals surface area (Å²) in [5.41, 5.74) is 0.134. The van der Waals surface area contributed by atoms with Crippen LogP contribution >= 0.6 is 50.7 Å². The highest BCUT2D eigenvalue weighted by molar-refractivity contribution is 9.10. The topological polar surface area (TPSA) is 74.7 Å². The summed E-state index contributed by atoms with van der Waals surface area (Å²) < 4.78 is 28.0. The number of carboxylic acids is 1. The highest BCUT2D eigenvalue weighted by Gasteiger charge is 2.27. The average molecular weight is 502 g/mol. The zero-order chi connectivity index (χ0) is 19.5. The molecule has 140 valence electrons. The standard InChI is InChI=1S/C16H13BrCl3NO4S/c17-10-3-5-11(6-4-10)26(24,25)21(7-1-2-16(22)23)15-9-13(19)12(18)8-14(15)20/h3-6,8-9H,1-2,7H2,(H,22,23). The third-order valence-electron chi connectivity index (χ3n) is 3.41. The molecule has 0 saturated heterocycles. The van der Waals surface area contributed by atoms with Crippen LogP contribution < -0.4 is 4.31 Å². The Morgan fingerprint density at radius 3 is 2.19 bits per heavy atom. The monoisotopic (exact) mass is 499 g/mol. The molecule has 10 heteroatoms. The van der Waals surface area contributed by atoms with E-state index < -0.39 is 16.0 Å². The first-order chi connectivity index (χ1) is 12.1. The molecular formula is C16H13BrCl3NO4S. The lowest BCUT2D eigenvalue weighted by molar-refractivity contribution is -0.137. The van der Waals surface area contributed by atoms with Crippen molar-refractivity contribution in [2.24, 2.45) is 0 Å². The number of aliphatic carboxylic acids is 1. The molecule has 0 aliphatic rings. The third-order valence-corrected chi connectivity index (χ3v) is 6.79. The first-order valence-corrected chi connectivity index (χ1v) is 10.6. The van der Waals surface area contributed by atoms with Crippen LogP contribution in [0.1, 0.15) is 12.8 Å². The second kappa shape index (κ2) is 8.80. The molecule has 26 heavy (non-hydrogen) atoms. The van der Waals surface area contributed by atoms with Crippen molar-refractivity contribution in [1.29, 1.82) is 0 Å². The number of hydrogen-bond acceptors (Lipinski definition) is 3. The minimum Gasteiger partial charge on any atom is -0.481 e. The summed E-state index contributed by atoms with van der Waals surface area (Å²) in [4.78, 5) is 10.8. The fourth-order valence-electron chi connectivity index (χ4n) is 2.18. The number of benzene rings is 2. The van der Waals surface area contributed by atoms with Gasteiger partial charge in [0.1, 0.15) is 0 Å². The lowest BCUT2D eigenvalue weighted by Gasteiger charge is -2.25. The van der Waals surface area contributed by atoms with Crippen molar-refractivity contribution < 1.29 is 18.3 Å². The van der Waals surface area contributed by atoms with Crippen molar-refractivity contribution in [3.8, 4) is 0 Å². The Balaban J connectivity index is 2.51. The van der Waals surface area contributed by atoms with Gasteiger partial charge in [0.15, 0.2) is 0 Å². The molecule has 0 unspecified atom stereocenters. The van der Waals surface area contributed by atoms with Crippen molar-refractivity contribution >= 4 is 72.4 Å². The van der Waals surface area contributed by atoms with Crippen LogP contribution in [-0.2, 0) is 14.8 Å². The van der Waals surface area contributed by atoms with Gasteiger partial charge in [0.05, 0.1) is 25.7 Å². The summed E-state index contributed by atoms with van der Waals surface area (Å²) in [5.74, 6) is -1.02. The Morgan fingerprint density at radius 2 is 1.62 bits per heavy atom. The second-order valence-electron chi connectivity index (χ2n) is 5.25. The fourth-order valence-corrected chi connectivity index (χ4v) is 4.65. The van der Waals surface area contributed by atoms with E-state index in [2.05, 4.69) is 15.9 Å². The molecule has 0 fully saturated rings. The molecule has 0 atom stereocenters. The van der Waals surface area contributed by atoms with Gasteiger partial charge in [-0.2, -0.15) is 0 Å². The molecule has 2 rings (SSSR count). The molecule has 0 amide bonds. The summed E-state index contributed by atoms with van der Waals surface area (Å²) in [6, 6.07) is 8.77. The number of halogens is 4. The largest absolute Gasteiger partial charge is 0.481 e. The lowest BCUT2D eigenvalue weighted by Crippen LogP contribution is -2.32. The van der Waals surface area contributed by atoms with E-state index in [1.807, 2.05) is 0 Å². The van der Waals surface area contributed by atoms with Crippen LogP contribution in [0.3, 0.4) is 0 Å². The van der Waals surface area contributed by atoms with Gasteiger partial charge in [0, 0.05) is 17.4 Å². The van der Waals surface area contributed by atoms with Crippen molar-refractivity contribution in [3.63, 3.8) is 0 Å². The maximum atomic E-state index is 13.1. The summed E-state index contributed by atoms with van der Waals surface area (Å²) in [5, 5.41) is 9.26. The van der Waals surface area contributed by atoms with Gasteiger partial charge >= 0.3 is 5.97 Å². The van der Waals surface area contributed by atoms with Gasteiger partial charge in [-0.25, -0.2) is 8.42 Å². The molecule has 2 aromatic carbocycles. The number of sulfonamides is 1. The van der Waals surface area contributed by atoms with Gasteiger partial charge in [-0.15, -0.1) is 0 Å². The van der Waals surface area contributed by atoms with E-state index in [1.54, 1.807) is 12.1 Å². The van der Waals surface area contributed by atoms with Crippen LogP contribution in [0.2, 0.25) is 15.1 Å². The van der Waals surface area contributed by atoms with Crippen molar-refractivity contribution in [2.75, 3.05) is 10.8 Å². The summed E-state index contributed by atoms with van der Waals surface area (Å²) >= 11 is 21.4. The molecule has 1 N–H and O–H groups in total. The molecule has 0 bridgehead atoms. The summed E-state index contributed by atoms with van der Waals surface area (Å²) in [6.07, 6.45) is -0.0903. The zero-order valence-electron chi connectivity index (χ0n) is 13.1. The van der Waals surface area contributed by atoms with Crippen LogP contribution in [0.25, 0.3) is 0 Å². The van der Waals surface area contributed by atoms with Crippen LogP contribution in [-0.4, -0.2) is 26.0 Å². The Kier molecular flexibility index (Phi) is 7.21. The van der Waals surface area contributed by atoms with E-state index in [0.717, 1.165) is 8.78 Å². The number of carboxylic acid groups (broad SMARTS) is 1. The minimum atomic E-state index is -3.99. The predicted molar refractivity (Wildman–Crippen MR) is 107 cm³/mol. The van der Waals surface area contributed by atoms with E-state index >= 15 is 0 Å². The number of anilines is 1. The molecule has 2 aromatic rings. The average Bonchev–Trinajstić information content (AvgIpc) is 2.55. The number of carbonyl (C=O) groups is 1. The zero-order valence-corrected chi connectivity index (χ0v) is 17.8. The number of nitrogens with zero attached hydrogens (tertiary/aromatic N) is 1. The molecule has 0 heterocycles. The molecule has 5 nitrogen and oxygen atoms in total. The minimum absolute atomic E-state index is 0.0400. The van der Waals surface area contributed by atoms with Crippen molar-refractivity contribution in [2.45, 2.75) is 17.7 Å². The molecule has 0 aromatic heterocycles. The van der Waals surface area contributed by atoms with Gasteiger partial charge in [-0.1, -0.05) is 50.7 Å². The van der Waals surface area contributed by atoms with Gasteiger partial charge < -0.3 is 5.11 Å². The van der Waals surface area contributed by atoms with Crippen molar-refractivity contribution in [1.82, 2.24) is 0 Å². The molecular weight excluding hydrogens is 489 g/mol. The van der Waals surface area contributed by atoms with Gasteiger partial charge in [-0.3, -0.25) is 9.10 Å². The molecule has 0 spiro atoms. The second-order valence-corrected chi connectivity index (χ2v) is 9.25. The first-order valence-electron chi connectivity index (χ1n) is 7.27. The summed E-state index contributed by atoms with van der Waals surface area (Å²) in [7, 11) is -3.99. The van der Waals surface area contributed by atoms with Crippen LogP contribution in [0.5, 0.6) is 0 Å². The third kappa shape index (κ3) is 5.04. The first kappa shape index (κ1) is 21.3. The Bertz CT molecular complexity index is 920. The Hall–Kier alpha value is -0.990. The van der Waals surface area contributed by atoms with Crippen LogP contribution in [0.15, 0.2) is 45.8 Å². The molecule has 0 saturated carbocycles. The Morgan fingerprint density at radius 1 is 1.04 bits per heavy atom. The lowest BCUT2D eigenvalue weighted by atomic mass is 10.2. The van der Waals surface area contributed by atoms with Gasteiger partial charge in [-0.05, 0) is 42.8 Å². The maximum absolute atomic E-state index is 13.1. The predicted octanol–water partition coefficient (Wildman–Crippen LogP) is 5.47. The Labute approximate surface area is 174 Å². The quantitative estimate of drug-likeness (QED) is 0.511. The SMILES string of the molecule is O=C(O)CCCN(c1cc(Cl)c(Cl)cc1Cl)S(=O)(=O)c1ccc(Br)cc1. The van der Waals surface area contributed by atoms with Crippen LogP contribution in [0.4, 0.5) is 5.69 Å². The number of hydrogen-bond donors (Lipinski definition) is 1. The summed E-state index contributed by atoms with van der Waals surface area (Å²) in [6.45, 7) is -0.0810. The van der Waals surface area contributed by atoms with Gasteiger partial charge in [0.25, 0.3) is 10.0 Å². The van der Waals surface area contributed by atoms with E-state index in [1.165, 1.54) is 24.3 Å². The van der Waals surface area contributed by atoms with Gasteiger partial charge in [0.2, 0.25) is 0 Å². The van der Waals surface area contributed by atoms with E-state index in [-0.39, 0.29) is 45.0 Å². The molecule has 0 aliphatic carbocycles. The normalized spacial score (nSPS) is 11.4. The van der Waals surface area contributed by atoms with E-state index in [9.17, 15) is 13.2 Å². The smallest absolute Gasteiger partial charge is 0.303 e. The highest BCUT2D eigenvalue weighted by atomic mass is 79.9. The van der Waals surface area contributed by atoms with Crippen LogP contribution in [0, 0.1) is 0 Å². The number of rotatable bonds is 7. The highest BCUT2D eigenvalue weighted by Crippen LogP contribution is 2.37. The molecule has 0 radical (unpaired) electrons.